The zero-order chi connectivity index (χ0) is 19.2. The van der Waals surface area contributed by atoms with Crippen molar-refractivity contribution in [1.29, 1.82) is 0 Å². The topological polar surface area (TPSA) is 63.4 Å². The summed E-state index contributed by atoms with van der Waals surface area (Å²) in [5, 5.41) is 3.53. The molecule has 1 amide bonds. The van der Waals surface area contributed by atoms with Crippen LogP contribution in [0, 0.1) is 19.8 Å². The Labute approximate surface area is 149 Å². The van der Waals surface area contributed by atoms with Crippen LogP contribution in [0.3, 0.4) is 0 Å². The summed E-state index contributed by atoms with van der Waals surface area (Å²) in [6.45, 7) is 5.44. The molecule has 6 nitrogen and oxygen atoms in total. The molecule has 3 rings (SSSR count). The van der Waals surface area contributed by atoms with Crippen molar-refractivity contribution >= 4 is 11.7 Å². The largest absolute Gasteiger partial charge is 0.453 e. The van der Waals surface area contributed by atoms with Crippen LogP contribution in [-0.2, 0) is 17.4 Å². The minimum atomic E-state index is -4.62. The van der Waals surface area contributed by atoms with Crippen LogP contribution in [-0.4, -0.2) is 43.5 Å². The number of carbonyl (C=O) groups excluding carboxylic acids is 1. The zero-order valence-corrected chi connectivity index (χ0v) is 15.3. The van der Waals surface area contributed by atoms with E-state index in [1.165, 1.54) is 0 Å². The van der Waals surface area contributed by atoms with Crippen LogP contribution in [0.2, 0.25) is 0 Å². The molecule has 1 saturated carbocycles. The van der Waals surface area contributed by atoms with Crippen molar-refractivity contribution in [2.45, 2.75) is 58.7 Å². The van der Waals surface area contributed by atoms with Crippen LogP contribution in [0.25, 0.3) is 5.78 Å². The standard InChI is InChI=1S/C17H22F3N5O/c1-9-13(7-8-14(26)24(4)10(2)12-5-6-12)11(3)25-16(21-9)22-15(23-25)17(18,19)20/h10,12H,5-8H2,1-4H3/t10-/m1/s1. The summed E-state index contributed by atoms with van der Waals surface area (Å²) in [4.78, 5) is 21.8. The Bertz CT molecular complexity index is 841. The Morgan fingerprint density at radius 2 is 1.96 bits per heavy atom. The third-order valence-electron chi connectivity index (χ3n) is 5.20. The minimum Gasteiger partial charge on any atom is -0.343 e. The van der Waals surface area contributed by atoms with Gasteiger partial charge in [-0.2, -0.15) is 18.2 Å². The summed E-state index contributed by atoms with van der Waals surface area (Å²) in [6, 6.07) is 0.218. The summed E-state index contributed by atoms with van der Waals surface area (Å²) >= 11 is 0. The highest BCUT2D eigenvalue weighted by molar-refractivity contribution is 5.76. The van der Waals surface area contributed by atoms with E-state index >= 15 is 0 Å². The predicted octanol–water partition coefficient (Wildman–Crippen LogP) is 2.95. The van der Waals surface area contributed by atoms with Gasteiger partial charge in [0.05, 0.1) is 0 Å². The average molecular weight is 369 g/mol. The molecule has 0 bridgehead atoms. The van der Waals surface area contributed by atoms with Gasteiger partial charge >= 0.3 is 6.18 Å². The summed E-state index contributed by atoms with van der Waals surface area (Å²) < 4.78 is 39.6. The fourth-order valence-electron chi connectivity index (χ4n) is 3.22. The summed E-state index contributed by atoms with van der Waals surface area (Å²) in [5.41, 5.74) is 1.83. The van der Waals surface area contributed by atoms with Gasteiger partial charge in [-0.05, 0) is 51.5 Å². The molecule has 0 saturated heterocycles. The first kappa shape index (κ1) is 18.6. The van der Waals surface area contributed by atoms with Crippen LogP contribution < -0.4 is 0 Å². The van der Waals surface area contributed by atoms with Gasteiger partial charge in [0, 0.05) is 30.9 Å². The smallest absolute Gasteiger partial charge is 0.343 e. The van der Waals surface area contributed by atoms with E-state index in [0.717, 1.165) is 22.9 Å². The Hall–Kier alpha value is -2.19. The molecule has 0 N–H and O–H groups in total. The first-order valence-electron chi connectivity index (χ1n) is 8.65. The average Bonchev–Trinajstić information content (AvgIpc) is 3.31. The molecule has 1 fully saturated rings. The monoisotopic (exact) mass is 369 g/mol. The molecule has 0 radical (unpaired) electrons. The highest BCUT2D eigenvalue weighted by Crippen LogP contribution is 2.35. The molecule has 1 atom stereocenters. The lowest BCUT2D eigenvalue weighted by Gasteiger charge is -2.25. The number of alkyl halides is 3. The first-order valence-corrected chi connectivity index (χ1v) is 8.65. The van der Waals surface area contributed by atoms with Crippen molar-refractivity contribution in [3.63, 3.8) is 0 Å². The van der Waals surface area contributed by atoms with Gasteiger partial charge in [-0.3, -0.25) is 4.79 Å². The molecule has 1 aliphatic carbocycles. The van der Waals surface area contributed by atoms with E-state index in [1.807, 2.05) is 6.92 Å². The fraction of sp³-hybridized carbons (Fsp3) is 0.647. The van der Waals surface area contributed by atoms with Crippen LogP contribution in [0.5, 0.6) is 0 Å². The third kappa shape index (κ3) is 3.52. The van der Waals surface area contributed by atoms with Crippen molar-refractivity contribution < 1.29 is 18.0 Å². The van der Waals surface area contributed by atoms with E-state index in [2.05, 4.69) is 15.1 Å². The van der Waals surface area contributed by atoms with E-state index in [0.29, 0.717) is 23.7 Å². The number of hydrogen-bond acceptors (Lipinski definition) is 4. The second-order valence-corrected chi connectivity index (χ2v) is 6.99. The van der Waals surface area contributed by atoms with Gasteiger partial charge in [0.15, 0.2) is 0 Å². The second kappa shape index (κ2) is 6.51. The van der Waals surface area contributed by atoms with E-state index in [9.17, 15) is 18.0 Å². The third-order valence-corrected chi connectivity index (χ3v) is 5.20. The lowest BCUT2D eigenvalue weighted by Crippen LogP contribution is -2.36. The number of halogens is 3. The number of fused-ring (bicyclic) bond motifs is 1. The van der Waals surface area contributed by atoms with Gasteiger partial charge < -0.3 is 4.90 Å². The normalized spacial score (nSPS) is 16.1. The number of aryl methyl sites for hydroxylation is 2. The van der Waals surface area contributed by atoms with E-state index in [1.54, 1.807) is 25.8 Å². The van der Waals surface area contributed by atoms with Gasteiger partial charge in [0.2, 0.25) is 5.91 Å². The van der Waals surface area contributed by atoms with Crippen molar-refractivity contribution in [1.82, 2.24) is 24.5 Å². The van der Waals surface area contributed by atoms with Gasteiger partial charge in [-0.15, -0.1) is 5.10 Å². The fourth-order valence-corrected chi connectivity index (χ4v) is 3.22. The van der Waals surface area contributed by atoms with E-state index in [4.69, 9.17) is 0 Å². The number of rotatable bonds is 5. The quantitative estimate of drug-likeness (QED) is 0.813. The van der Waals surface area contributed by atoms with E-state index in [-0.39, 0.29) is 24.1 Å². The van der Waals surface area contributed by atoms with Crippen molar-refractivity contribution in [2.24, 2.45) is 5.92 Å². The molecular formula is C17H22F3N5O. The van der Waals surface area contributed by atoms with Gasteiger partial charge in [-0.25, -0.2) is 9.50 Å². The van der Waals surface area contributed by atoms with Crippen molar-refractivity contribution in [2.75, 3.05) is 7.05 Å². The molecule has 2 aromatic heterocycles. The van der Waals surface area contributed by atoms with Crippen LogP contribution in [0.1, 0.15) is 49.0 Å². The molecule has 1 aliphatic rings. The molecule has 26 heavy (non-hydrogen) atoms. The van der Waals surface area contributed by atoms with Crippen LogP contribution in [0.15, 0.2) is 0 Å². The molecule has 2 aromatic rings. The number of carbonyl (C=O) groups is 1. The molecule has 0 unspecified atom stereocenters. The maximum Gasteiger partial charge on any atom is 0.453 e. The minimum absolute atomic E-state index is 0.0258. The number of amides is 1. The molecule has 9 heteroatoms. The maximum absolute atomic E-state index is 12.8. The lowest BCUT2D eigenvalue weighted by molar-refractivity contribution is -0.144. The molecule has 0 aliphatic heterocycles. The zero-order valence-electron chi connectivity index (χ0n) is 15.3. The Balaban J connectivity index is 1.80. The summed E-state index contributed by atoms with van der Waals surface area (Å²) in [5.74, 6) is -0.681. The number of nitrogens with zero attached hydrogens (tertiary/aromatic N) is 5. The van der Waals surface area contributed by atoms with Crippen molar-refractivity contribution in [3.05, 3.63) is 22.8 Å². The Morgan fingerprint density at radius 3 is 2.54 bits per heavy atom. The number of hydrogen-bond donors (Lipinski definition) is 0. The summed E-state index contributed by atoms with van der Waals surface area (Å²) in [6.07, 6.45) is -1.62. The number of aromatic nitrogens is 4. The van der Waals surface area contributed by atoms with Gasteiger partial charge in [0.25, 0.3) is 11.6 Å². The Kier molecular flexibility index (Phi) is 4.66. The van der Waals surface area contributed by atoms with E-state index < -0.39 is 12.0 Å². The first-order chi connectivity index (χ1) is 12.1. The molecular weight excluding hydrogens is 347 g/mol. The van der Waals surface area contributed by atoms with Crippen LogP contribution in [0.4, 0.5) is 13.2 Å². The lowest BCUT2D eigenvalue weighted by atomic mass is 10.1. The Morgan fingerprint density at radius 1 is 1.31 bits per heavy atom. The maximum atomic E-state index is 12.8. The molecule has 0 aromatic carbocycles. The van der Waals surface area contributed by atoms with Gasteiger partial charge in [-0.1, -0.05) is 0 Å². The second-order valence-electron chi connectivity index (χ2n) is 6.99. The predicted molar refractivity (Wildman–Crippen MR) is 88.5 cm³/mol. The highest BCUT2D eigenvalue weighted by atomic mass is 19.4. The SMILES string of the molecule is Cc1nc2nc(C(F)(F)F)nn2c(C)c1CCC(=O)N(C)[C@H](C)C1CC1. The molecule has 2 heterocycles. The summed E-state index contributed by atoms with van der Waals surface area (Å²) in [7, 11) is 1.81. The van der Waals surface area contributed by atoms with Crippen molar-refractivity contribution in [3.8, 4) is 0 Å². The highest BCUT2D eigenvalue weighted by Gasteiger charge is 2.37. The molecule has 0 spiro atoms. The molecule has 142 valence electrons. The van der Waals surface area contributed by atoms with Gasteiger partial charge in [0.1, 0.15) is 0 Å². The van der Waals surface area contributed by atoms with Crippen LogP contribution >= 0.6 is 0 Å².